The van der Waals surface area contributed by atoms with E-state index in [-0.39, 0.29) is 21.8 Å². The number of nitrogens with one attached hydrogen (secondary N) is 2. The lowest BCUT2D eigenvalue weighted by molar-refractivity contribution is 0.538. The summed E-state index contributed by atoms with van der Waals surface area (Å²) in [5.74, 6) is -0.153. The molecule has 1 aliphatic rings. The third-order valence-corrected chi connectivity index (χ3v) is 5.31. The van der Waals surface area contributed by atoms with E-state index < -0.39 is 15.8 Å². The number of rotatable bonds is 4. The van der Waals surface area contributed by atoms with Crippen molar-refractivity contribution in [2.75, 3.05) is 19.6 Å². The van der Waals surface area contributed by atoms with Gasteiger partial charge in [-0.15, -0.1) is 12.4 Å². The van der Waals surface area contributed by atoms with E-state index in [0.29, 0.717) is 12.5 Å². The summed E-state index contributed by atoms with van der Waals surface area (Å²) < 4.78 is 39.8. The fraction of sp³-hybridized carbons (Fsp3) is 0.455. The van der Waals surface area contributed by atoms with Gasteiger partial charge >= 0.3 is 0 Å². The lowest BCUT2D eigenvalue weighted by Crippen LogP contribution is -2.30. The van der Waals surface area contributed by atoms with Crippen LogP contribution in [0.1, 0.15) is 6.42 Å². The molecular weight excluding hydrogens is 359 g/mol. The van der Waals surface area contributed by atoms with Gasteiger partial charge in [-0.2, -0.15) is 0 Å². The molecule has 0 saturated carbocycles. The number of hydrogen-bond donors (Lipinski definition) is 2. The normalized spacial score (nSPS) is 19.2. The van der Waals surface area contributed by atoms with Gasteiger partial charge in [-0.05, 0) is 59.6 Å². The van der Waals surface area contributed by atoms with E-state index in [9.17, 15) is 12.8 Å². The third-order valence-electron chi connectivity index (χ3n) is 2.91. The van der Waals surface area contributed by atoms with Crippen molar-refractivity contribution in [1.29, 1.82) is 0 Å². The minimum Gasteiger partial charge on any atom is -0.316 e. The Morgan fingerprint density at radius 1 is 1.47 bits per heavy atom. The Morgan fingerprint density at radius 3 is 2.79 bits per heavy atom. The lowest BCUT2D eigenvalue weighted by Gasteiger charge is -2.11. The molecule has 1 saturated heterocycles. The first-order valence-electron chi connectivity index (χ1n) is 5.64. The van der Waals surface area contributed by atoms with Gasteiger partial charge in [0.15, 0.2) is 0 Å². The molecule has 4 nitrogen and oxygen atoms in total. The summed E-state index contributed by atoms with van der Waals surface area (Å²) in [6, 6.07) is 3.54. The minimum absolute atomic E-state index is 0. The molecule has 2 N–H and O–H groups in total. The quantitative estimate of drug-likeness (QED) is 0.847. The van der Waals surface area contributed by atoms with Crippen LogP contribution in [0.5, 0.6) is 0 Å². The smallest absolute Gasteiger partial charge is 0.241 e. The first kappa shape index (κ1) is 16.8. The van der Waals surface area contributed by atoms with Gasteiger partial charge < -0.3 is 5.32 Å². The Morgan fingerprint density at radius 2 is 2.21 bits per heavy atom. The number of sulfonamides is 1. The molecule has 108 valence electrons. The molecular formula is C11H15BrClFN2O2S. The van der Waals surface area contributed by atoms with Crippen molar-refractivity contribution in [3.63, 3.8) is 0 Å². The van der Waals surface area contributed by atoms with Crippen LogP contribution in [0.25, 0.3) is 0 Å². The van der Waals surface area contributed by atoms with E-state index in [1.54, 1.807) is 0 Å². The van der Waals surface area contributed by atoms with E-state index >= 15 is 0 Å². The molecule has 0 radical (unpaired) electrons. The molecule has 0 amide bonds. The van der Waals surface area contributed by atoms with Crippen LogP contribution >= 0.6 is 28.3 Å². The molecule has 1 aliphatic heterocycles. The van der Waals surface area contributed by atoms with E-state index in [1.807, 2.05) is 0 Å². The van der Waals surface area contributed by atoms with Crippen molar-refractivity contribution in [1.82, 2.24) is 10.0 Å². The standard InChI is InChI=1S/C11H14BrFN2O2S.ClH/c12-10-5-9(13)1-2-11(10)18(16,17)15-7-8-3-4-14-6-8;/h1-2,5,8,14-15H,3-4,6-7H2;1H. The summed E-state index contributed by atoms with van der Waals surface area (Å²) in [6.45, 7) is 2.15. The van der Waals surface area contributed by atoms with Crippen LogP contribution in [-0.2, 0) is 10.0 Å². The van der Waals surface area contributed by atoms with Crippen LogP contribution in [0.3, 0.4) is 0 Å². The van der Waals surface area contributed by atoms with Crippen molar-refractivity contribution in [2.45, 2.75) is 11.3 Å². The van der Waals surface area contributed by atoms with Gasteiger partial charge in [-0.3, -0.25) is 0 Å². The molecule has 1 fully saturated rings. The Labute approximate surface area is 126 Å². The highest BCUT2D eigenvalue weighted by Crippen LogP contribution is 2.22. The summed E-state index contributed by atoms with van der Waals surface area (Å²) in [7, 11) is -3.59. The molecule has 0 bridgehead atoms. The molecule has 19 heavy (non-hydrogen) atoms. The van der Waals surface area contributed by atoms with Crippen molar-refractivity contribution < 1.29 is 12.8 Å². The molecule has 2 rings (SSSR count). The second kappa shape index (κ2) is 6.99. The van der Waals surface area contributed by atoms with Crippen LogP contribution in [-0.4, -0.2) is 28.1 Å². The van der Waals surface area contributed by atoms with Gasteiger partial charge in [-0.1, -0.05) is 0 Å². The Hall–Kier alpha value is -0.210. The Kier molecular flexibility index (Phi) is 6.19. The van der Waals surface area contributed by atoms with Crippen molar-refractivity contribution in [3.05, 3.63) is 28.5 Å². The molecule has 1 aromatic carbocycles. The molecule has 0 spiro atoms. The van der Waals surface area contributed by atoms with Gasteiger partial charge in [-0.25, -0.2) is 17.5 Å². The number of hydrogen-bond acceptors (Lipinski definition) is 3. The first-order valence-corrected chi connectivity index (χ1v) is 7.92. The zero-order valence-electron chi connectivity index (χ0n) is 10.0. The van der Waals surface area contributed by atoms with Crippen molar-refractivity contribution >= 4 is 38.4 Å². The van der Waals surface area contributed by atoms with Gasteiger partial charge in [0.2, 0.25) is 10.0 Å². The molecule has 0 aliphatic carbocycles. The fourth-order valence-corrected chi connectivity index (χ4v) is 4.05. The summed E-state index contributed by atoms with van der Waals surface area (Å²) in [4.78, 5) is 0.0647. The first-order chi connectivity index (χ1) is 8.49. The SMILES string of the molecule is Cl.O=S(=O)(NCC1CCNC1)c1ccc(F)cc1Br. The van der Waals surface area contributed by atoms with Crippen LogP contribution in [0, 0.1) is 11.7 Å². The van der Waals surface area contributed by atoms with Crippen LogP contribution in [0.2, 0.25) is 0 Å². The van der Waals surface area contributed by atoms with Crippen LogP contribution in [0.15, 0.2) is 27.6 Å². The average Bonchev–Trinajstić information content (AvgIpc) is 2.78. The van der Waals surface area contributed by atoms with Crippen LogP contribution < -0.4 is 10.0 Å². The highest BCUT2D eigenvalue weighted by Gasteiger charge is 2.21. The summed E-state index contributed by atoms with van der Waals surface area (Å²) in [6.07, 6.45) is 0.965. The molecule has 8 heteroatoms. The maximum absolute atomic E-state index is 12.9. The van der Waals surface area contributed by atoms with E-state index in [2.05, 4.69) is 26.0 Å². The van der Waals surface area contributed by atoms with E-state index in [0.717, 1.165) is 31.6 Å². The van der Waals surface area contributed by atoms with Crippen LogP contribution in [0.4, 0.5) is 4.39 Å². The maximum Gasteiger partial charge on any atom is 0.241 e. The molecule has 1 atom stereocenters. The Bertz CT molecular complexity index is 535. The molecule has 1 heterocycles. The highest BCUT2D eigenvalue weighted by molar-refractivity contribution is 9.10. The monoisotopic (exact) mass is 372 g/mol. The zero-order chi connectivity index (χ0) is 13.2. The lowest BCUT2D eigenvalue weighted by atomic mass is 10.1. The number of halogens is 3. The van der Waals surface area contributed by atoms with Gasteiger partial charge in [0, 0.05) is 11.0 Å². The van der Waals surface area contributed by atoms with Gasteiger partial charge in [0.25, 0.3) is 0 Å². The topological polar surface area (TPSA) is 58.2 Å². The summed E-state index contributed by atoms with van der Waals surface area (Å²) in [5, 5.41) is 3.17. The summed E-state index contributed by atoms with van der Waals surface area (Å²) in [5.41, 5.74) is 0. The average molecular weight is 374 g/mol. The van der Waals surface area contributed by atoms with Gasteiger partial charge in [0.05, 0.1) is 4.90 Å². The minimum atomic E-state index is -3.59. The fourth-order valence-electron chi connectivity index (χ4n) is 1.89. The molecule has 1 unspecified atom stereocenters. The predicted octanol–water partition coefficient (Wildman–Crippen LogP) is 1.90. The van der Waals surface area contributed by atoms with Gasteiger partial charge in [0.1, 0.15) is 5.82 Å². The third kappa shape index (κ3) is 4.39. The second-order valence-electron chi connectivity index (χ2n) is 4.29. The largest absolute Gasteiger partial charge is 0.316 e. The molecule has 1 aromatic rings. The van der Waals surface area contributed by atoms with E-state index in [4.69, 9.17) is 0 Å². The predicted molar refractivity (Wildman–Crippen MR) is 77.5 cm³/mol. The highest BCUT2D eigenvalue weighted by atomic mass is 79.9. The van der Waals surface area contributed by atoms with Crippen molar-refractivity contribution in [3.8, 4) is 0 Å². The maximum atomic E-state index is 12.9. The van der Waals surface area contributed by atoms with Crippen molar-refractivity contribution in [2.24, 2.45) is 5.92 Å². The summed E-state index contributed by atoms with van der Waals surface area (Å²) >= 11 is 3.06. The Balaban J connectivity index is 0.00000180. The second-order valence-corrected chi connectivity index (χ2v) is 6.88. The number of benzene rings is 1. The van der Waals surface area contributed by atoms with E-state index in [1.165, 1.54) is 6.07 Å². The zero-order valence-corrected chi connectivity index (χ0v) is 13.2. The molecule has 0 aromatic heterocycles.